The minimum Gasteiger partial charge on any atom is -0.495 e. The summed E-state index contributed by atoms with van der Waals surface area (Å²) in [6, 6.07) is 10.3. The third kappa shape index (κ3) is 8.75. The number of aromatic nitrogens is 4. The Morgan fingerprint density at radius 1 is 0.811 bits per heavy atom. The molecule has 2 aliphatic heterocycles. The zero-order chi connectivity index (χ0) is 37.5. The fourth-order valence-corrected chi connectivity index (χ4v) is 6.98. The summed E-state index contributed by atoms with van der Waals surface area (Å²) in [6.45, 7) is 1.80. The van der Waals surface area contributed by atoms with Crippen LogP contribution in [0.3, 0.4) is 0 Å². The number of benzene rings is 2. The van der Waals surface area contributed by atoms with Crippen molar-refractivity contribution in [1.82, 2.24) is 19.9 Å². The molecule has 6 rings (SSSR count). The van der Waals surface area contributed by atoms with Crippen molar-refractivity contribution in [3.63, 3.8) is 0 Å². The molecule has 2 unspecified atom stereocenters. The zero-order valence-electron chi connectivity index (χ0n) is 29.2. The lowest BCUT2D eigenvalue weighted by Gasteiger charge is -2.25. The van der Waals surface area contributed by atoms with Gasteiger partial charge in [-0.25, -0.2) is 19.6 Å². The summed E-state index contributed by atoms with van der Waals surface area (Å²) in [7, 11) is 3.07. The van der Waals surface area contributed by atoms with E-state index in [1.807, 2.05) is 21.9 Å². The van der Waals surface area contributed by atoms with Gasteiger partial charge < -0.3 is 44.9 Å². The van der Waals surface area contributed by atoms with E-state index in [2.05, 4.69) is 25.6 Å². The molecule has 15 nitrogen and oxygen atoms in total. The normalized spacial score (nSPS) is 16.8. The molecule has 53 heavy (non-hydrogen) atoms. The second-order valence-corrected chi connectivity index (χ2v) is 13.4. The molecule has 2 atom stereocenters. The molecule has 2 aromatic carbocycles. The van der Waals surface area contributed by atoms with Crippen LogP contribution in [0.25, 0.3) is 0 Å². The summed E-state index contributed by atoms with van der Waals surface area (Å²) in [4.78, 5) is 47.7. The molecule has 0 saturated carbocycles. The molecule has 0 aliphatic carbocycles. The third-order valence-electron chi connectivity index (χ3n) is 9.24. The van der Waals surface area contributed by atoms with E-state index < -0.39 is 11.9 Å². The molecule has 0 amide bonds. The lowest BCUT2D eigenvalue weighted by Crippen LogP contribution is -2.35. The second-order valence-electron chi connectivity index (χ2n) is 12.6. The van der Waals surface area contributed by atoms with Crippen LogP contribution in [0, 0.1) is 0 Å². The number of ether oxygens (including phenoxy) is 3. The molecule has 4 N–H and O–H groups in total. The maximum atomic E-state index is 13.6. The molecule has 280 valence electrons. The number of halogens is 2. The highest BCUT2D eigenvalue weighted by Crippen LogP contribution is 2.30. The fraction of sp³-hybridized carbons (Fsp3) is 0.389. The van der Waals surface area contributed by atoms with Crippen molar-refractivity contribution < 1.29 is 34.0 Å². The number of hydrogen-bond donors (Lipinski definition) is 4. The van der Waals surface area contributed by atoms with E-state index in [4.69, 9.17) is 42.4 Å². The largest absolute Gasteiger partial charge is 0.495 e. The fourth-order valence-electron chi connectivity index (χ4n) is 6.42. The number of anilines is 4. The number of methoxy groups -OCH3 is 2. The number of aliphatic hydroxyl groups is 1. The molecule has 0 spiro atoms. The topological polar surface area (TPSA) is 184 Å². The van der Waals surface area contributed by atoms with Crippen molar-refractivity contribution in [2.24, 2.45) is 0 Å². The van der Waals surface area contributed by atoms with Gasteiger partial charge in [-0.3, -0.25) is 0 Å². The summed E-state index contributed by atoms with van der Waals surface area (Å²) in [6.07, 6.45) is 5.89. The zero-order valence-corrected chi connectivity index (χ0v) is 30.7. The van der Waals surface area contributed by atoms with Crippen molar-refractivity contribution in [1.29, 1.82) is 0 Å². The van der Waals surface area contributed by atoms with E-state index in [1.54, 1.807) is 31.4 Å². The minimum absolute atomic E-state index is 0.0178. The van der Waals surface area contributed by atoms with Crippen molar-refractivity contribution >= 4 is 58.7 Å². The van der Waals surface area contributed by atoms with Crippen LogP contribution in [0.5, 0.6) is 11.5 Å². The van der Waals surface area contributed by atoms with Gasteiger partial charge in [0.25, 0.3) is 0 Å². The van der Waals surface area contributed by atoms with Crippen molar-refractivity contribution in [2.75, 3.05) is 61.0 Å². The highest BCUT2D eigenvalue weighted by Gasteiger charge is 2.31. The number of aliphatic hydroxyl groups excluding tert-OH is 1. The van der Waals surface area contributed by atoms with Crippen LogP contribution < -0.4 is 29.9 Å². The molecule has 2 fully saturated rings. The Hall–Kier alpha value is -5.12. The van der Waals surface area contributed by atoms with E-state index in [0.717, 1.165) is 30.4 Å². The van der Waals surface area contributed by atoms with Crippen molar-refractivity contribution in [3.05, 3.63) is 81.1 Å². The smallest absolute Gasteiger partial charge is 0.343 e. The molecular formula is C36H40Cl2N8O7. The number of carbonyl (C=O) groups is 2. The summed E-state index contributed by atoms with van der Waals surface area (Å²) in [5, 5.41) is 27.0. The third-order valence-corrected chi connectivity index (χ3v) is 9.83. The molecule has 0 bridgehead atoms. The second kappa shape index (κ2) is 17.1. The lowest BCUT2D eigenvalue weighted by atomic mass is 10.2. The quantitative estimate of drug-likeness (QED) is 0.114. The van der Waals surface area contributed by atoms with Crippen LogP contribution in [0.1, 0.15) is 57.5 Å². The van der Waals surface area contributed by atoms with Gasteiger partial charge in [0.1, 0.15) is 40.9 Å². The molecule has 4 heterocycles. The SMILES string of the molecule is COc1ccc(CNc2nc(N3CCCC3COC(=O)c3cnc(N4CCCC4CO)nc3NCc3ccc(OC)c(Cl)c3)ncc2C(=O)O)cc1Cl. The molecule has 4 aromatic rings. The van der Waals surface area contributed by atoms with Gasteiger partial charge in [0.05, 0.1) is 43.0 Å². The Balaban J connectivity index is 1.17. The van der Waals surface area contributed by atoms with Gasteiger partial charge in [-0.15, -0.1) is 0 Å². The molecule has 2 aromatic heterocycles. The first-order valence-corrected chi connectivity index (χ1v) is 17.9. The predicted molar refractivity (Wildman–Crippen MR) is 200 cm³/mol. The number of rotatable bonds is 15. The minimum atomic E-state index is -1.18. The Morgan fingerprint density at radius 2 is 1.32 bits per heavy atom. The number of aromatic carboxylic acids is 1. The number of carbonyl (C=O) groups excluding carboxylic acids is 1. The first-order chi connectivity index (χ1) is 25.7. The van der Waals surface area contributed by atoms with Crippen LogP contribution in [0.15, 0.2) is 48.8 Å². The number of nitrogens with zero attached hydrogens (tertiary/aromatic N) is 6. The van der Waals surface area contributed by atoms with Crippen molar-refractivity contribution in [3.8, 4) is 11.5 Å². The Labute approximate surface area is 316 Å². The maximum Gasteiger partial charge on any atom is 0.343 e. The predicted octanol–water partition coefficient (Wildman–Crippen LogP) is 5.30. The molecular weight excluding hydrogens is 727 g/mol. The van der Waals surface area contributed by atoms with Gasteiger partial charge in [-0.05, 0) is 61.1 Å². The maximum absolute atomic E-state index is 13.6. The summed E-state index contributed by atoms with van der Waals surface area (Å²) < 4.78 is 16.3. The Morgan fingerprint density at radius 3 is 1.83 bits per heavy atom. The number of nitrogens with one attached hydrogen (secondary N) is 2. The number of carboxylic acid groups (broad SMARTS) is 1. The van der Waals surface area contributed by atoms with Crippen molar-refractivity contribution in [2.45, 2.75) is 50.9 Å². The van der Waals surface area contributed by atoms with E-state index in [9.17, 15) is 19.8 Å². The molecule has 2 saturated heterocycles. The molecule has 17 heteroatoms. The van der Waals surface area contributed by atoms with E-state index in [0.29, 0.717) is 59.5 Å². The molecule has 0 radical (unpaired) electrons. The van der Waals surface area contributed by atoms with Crippen LogP contribution in [0.2, 0.25) is 10.0 Å². The highest BCUT2D eigenvalue weighted by molar-refractivity contribution is 6.32. The van der Waals surface area contributed by atoms with E-state index in [-0.39, 0.29) is 54.6 Å². The number of carboxylic acids is 1. The molecule has 2 aliphatic rings. The summed E-state index contributed by atoms with van der Waals surface area (Å²) in [5.74, 6) is 0.400. The number of hydrogen-bond acceptors (Lipinski definition) is 14. The van der Waals surface area contributed by atoms with Crippen LogP contribution in [-0.4, -0.2) is 94.7 Å². The van der Waals surface area contributed by atoms with Gasteiger partial charge in [0.2, 0.25) is 11.9 Å². The van der Waals surface area contributed by atoms with Gasteiger partial charge in [0.15, 0.2) is 0 Å². The Bertz CT molecular complexity index is 1950. The van der Waals surface area contributed by atoms with E-state index >= 15 is 0 Å². The van der Waals surface area contributed by atoms with E-state index in [1.165, 1.54) is 19.5 Å². The van der Waals surface area contributed by atoms with Gasteiger partial charge in [-0.2, -0.15) is 9.97 Å². The van der Waals surface area contributed by atoms with Crippen LogP contribution in [-0.2, 0) is 17.8 Å². The first-order valence-electron chi connectivity index (χ1n) is 17.1. The number of esters is 1. The first kappa shape index (κ1) is 37.6. The van der Waals surface area contributed by atoms with Gasteiger partial charge >= 0.3 is 11.9 Å². The summed E-state index contributed by atoms with van der Waals surface area (Å²) in [5.41, 5.74) is 1.69. The average Bonchev–Trinajstić information content (AvgIpc) is 3.85. The van der Waals surface area contributed by atoms with Crippen LogP contribution >= 0.6 is 23.2 Å². The standard InChI is InChI=1S/C36H40Cl2N8O7/c1-51-29-9-7-21(13-27(29)37)15-39-31-25(33(48)49)17-41-36(43-31)46-12-4-6-24(46)20-53-34(50)26-18-42-35(45-11-3-5-23(45)19-47)44-32(26)40-16-22-8-10-30(52-2)28(38)14-22/h7-10,13-14,17-18,23-24,47H,3-6,11-12,15-16,19-20H2,1-2H3,(H,48,49)(H,39,41,43)(H,40,42,44). The average molecular weight is 768 g/mol. The summed E-state index contributed by atoms with van der Waals surface area (Å²) >= 11 is 12.6. The highest BCUT2D eigenvalue weighted by atomic mass is 35.5. The monoisotopic (exact) mass is 766 g/mol. The lowest BCUT2D eigenvalue weighted by molar-refractivity contribution is 0.0482. The van der Waals surface area contributed by atoms with Gasteiger partial charge in [-0.1, -0.05) is 35.3 Å². The van der Waals surface area contributed by atoms with Gasteiger partial charge in [0, 0.05) is 38.6 Å². The van der Waals surface area contributed by atoms with Crippen LogP contribution in [0.4, 0.5) is 23.5 Å². The Kier molecular flexibility index (Phi) is 12.2.